The molecule has 168 valence electrons. The van der Waals surface area contributed by atoms with Gasteiger partial charge < -0.3 is 25.6 Å². The summed E-state index contributed by atoms with van der Waals surface area (Å²) in [4.78, 5) is 37.3. The summed E-state index contributed by atoms with van der Waals surface area (Å²) in [5, 5.41) is 4.00. The van der Waals surface area contributed by atoms with Crippen LogP contribution in [0.25, 0.3) is 0 Å². The van der Waals surface area contributed by atoms with Gasteiger partial charge in [-0.3, -0.25) is 14.6 Å². The smallest absolute Gasteiger partial charge is 0.251 e. The second kappa shape index (κ2) is 15.9. The number of hydrazine groups is 1. The molecule has 30 heavy (non-hydrogen) atoms. The summed E-state index contributed by atoms with van der Waals surface area (Å²) in [6, 6.07) is 6.71. The number of aldehydes is 1. The van der Waals surface area contributed by atoms with Gasteiger partial charge in [-0.1, -0.05) is 20.8 Å². The van der Waals surface area contributed by atoms with E-state index >= 15 is 0 Å². The molecule has 1 aliphatic heterocycles. The lowest BCUT2D eigenvalue weighted by Gasteiger charge is -2.32. The average molecular weight is 421 g/mol. The maximum absolute atomic E-state index is 12.1. The van der Waals surface area contributed by atoms with Gasteiger partial charge in [0.15, 0.2) is 0 Å². The molecule has 2 amide bonds. The molecule has 1 aromatic rings. The van der Waals surface area contributed by atoms with Crippen molar-refractivity contribution >= 4 is 23.8 Å². The van der Waals surface area contributed by atoms with Gasteiger partial charge >= 0.3 is 0 Å². The zero-order valence-corrected chi connectivity index (χ0v) is 18.5. The van der Waals surface area contributed by atoms with E-state index in [0.717, 1.165) is 19.4 Å². The summed E-state index contributed by atoms with van der Waals surface area (Å²) in [6.45, 7) is 8.92. The minimum Gasteiger partial charge on any atom is -0.403 e. The fourth-order valence-electron chi connectivity index (χ4n) is 2.39. The molecule has 1 fully saturated rings. The van der Waals surface area contributed by atoms with Crippen molar-refractivity contribution in [2.45, 2.75) is 27.2 Å². The van der Waals surface area contributed by atoms with E-state index in [1.54, 1.807) is 29.2 Å². The number of carbonyl (C=O) groups is 3. The molecule has 9 nitrogen and oxygen atoms in total. The lowest BCUT2D eigenvalue weighted by atomic mass is 10.2. The summed E-state index contributed by atoms with van der Waals surface area (Å²) in [7, 11) is 2.03. The van der Waals surface area contributed by atoms with Crippen LogP contribution >= 0.6 is 0 Å². The number of hydrogen-bond donors (Lipinski definition) is 3. The highest BCUT2D eigenvalue weighted by Crippen LogP contribution is 2.12. The highest BCUT2D eigenvalue weighted by atomic mass is 16.2. The van der Waals surface area contributed by atoms with E-state index in [0.29, 0.717) is 30.8 Å². The van der Waals surface area contributed by atoms with E-state index in [9.17, 15) is 14.4 Å². The molecule has 2 rings (SSSR count). The van der Waals surface area contributed by atoms with Crippen molar-refractivity contribution in [1.82, 2.24) is 15.1 Å². The van der Waals surface area contributed by atoms with Crippen molar-refractivity contribution in [1.29, 1.82) is 0 Å². The van der Waals surface area contributed by atoms with Crippen molar-refractivity contribution in [2.24, 2.45) is 11.6 Å². The van der Waals surface area contributed by atoms with E-state index in [1.807, 2.05) is 27.8 Å². The van der Waals surface area contributed by atoms with Crippen LogP contribution in [0.3, 0.4) is 0 Å². The molecular formula is C21H36N6O3. The summed E-state index contributed by atoms with van der Waals surface area (Å²) in [6.07, 6.45) is 4.34. The lowest BCUT2D eigenvalue weighted by Crippen LogP contribution is -2.50. The normalized spacial score (nSPS) is 13.4. The van der Waals surface area contributed by atoms with Crippen molar-refractivity contribution in [3.05, 3.63) is 42.2 Å². The van der Waals surface area contributed by atoms with Crippen LogP contribution in [-0.4, -0.2) is 67.7 Å². The maximum atomic E-state index is 12.1. The highest BCUT2D eigenvalue weighted by molar-refractivity contribution is 5.96. The Morgan fingerprint density at radius 1 is 1.13 bits per heavy atom. The Morgan fingerprint density at radius 3 is 2.13 bits per heavy atom. The standard InChI is InChI=1S/C16H24N6O2.C3H6O.C2H6/c1-20-8-10-21(11-9-20)15(23)12-19-16(24)13-2-4-14(5-3-13)22(18)7-6-17;1-2-3-4;1-2/h2-7H,8-12,17-18H2,1H3,(H,19,24);3H,2H2,1H3;1-2H3/b7-6-;;. The van der Waals surface area contributed by atoms with Gasteiger partial charge in [-0.15, -0.1) is 0 Å². The first kappa shape index (κ1) is 27.1. The SMILES string of the molecule is CC.CCC=O.CN1CCN(C(=O)CNC(=O)c2ccc(N(N)/C=C\N)cc2)CC1. The summed E-state index contributed by atoms with van der Waals surface area (Å²) >= 11 is 0. The second-order valence-corrected chi connectivity index (χ2v) is 6.24. The number of piperazine rings is 1. The Balaban J connectivity index is 0.00000125. The maximum Gasteiger partial charge on any atom is 0.251 e. The van der Waals surface area contributed by atoms with E-state index in [-0.39, 0.29) is 18.4 Å². The molecule has 9 heteroatoms. The van der Waals surface area contributed by atoms with Crippen molar-refractivity contribution in [3.63, 3.8) is 0 Å². The monoisotopic (exact) mass is 420 g/mol. The number of benzene rings is 1. The fourth-order valence-corrected chi connectivity index (χ4v) is 2.39. The van der Waals surface area contributed by atoms with Gasteiger partial charge in [-0.05, 0) is 31.3 Å². The number of hydrogen-bond acceptors (Lipinski definition) is 7. The second-order valence-electron chi connectivity index (χ2n) is 6.24. The number of rotatable bonds is 6. The summed E-state index contributed by atoms with van der Waals surface area (Å²) in [5.41, 5.74) is 6.44. The molecule has 0 atom stereocenters. The number of nitrogens with one attached hydrogen (secondary N) is 1. The molecular weight excluding hydrogens is 384 g/mol. The predicted molar refractivity (Wildman–Crippen MR) is 121 cm³/mol. The van der Waals surface area contributed by atoms with Gasteiger partial charge in [-0.2, -0.15) is 0 Å². The molecule has 0 aromatic heterocycles. The number of anilines is 1. The van der Waals surface area contributed by atoms with Gasteiger partial charge in [0.25, 0.3) is 5.91 Å². The van der Waals surface area contributed by atoms with Crippen LogP contribution in [0.2, 0.25) is 0 Å². The minimum atomic E-state index is -0.290. The third-order valence-corrected chi connectivity index (χ3v) is 4.10. The Morgan fingerprint density at radius 2 is 1.67 bits per heavy atom. The number of amides is 2. The highest BCUT2D eigenvalue weighted by Gasteiger charge is 2.19. The third-order valence-electron chi connectivity index (χ3n) is 4.10. The van der Waals surface area contributed by atoms with Crippen LogP contribution in [0.4, 0.5) is 5.69 Å². The Bertz CT molecular complexity index is 655. The van der Waals surface area contributed by atoms with E-state index in [4.69, 9.17) is 11.6 Å². The van der Waals surface area contributed by atoms with Crippen LogP contribution in [0.5, 0.6) is 0 Å². The van der Waals surface area contributed by atoms with Crippen LogP contribution in [-0.2, 0) is 9.59 Å². The van der Waals surface area contributed by atoms with Crippen LogP contribution in [0.15, 0.2) is 36.7 Å². The van der Waals surface area contributed by atoms with Crippen molar-refractivity contribution < 1.29 is 14.4 Å². The first-order chi connectivity index (χ1) is 14.4. The van der Waals surface area contributed by atoms with Crippen molar-refractivity contribution in [2.75, 3.05) is 44.8 Å². The zero-order valence-electron chi connectivity index (χ0n) is 18.5. The minimum absolute atomic E-state index is 0.00320. The number of nitrogens with zero attached hydrogens (tertiary/aromatic N) is 3. The number of carbonyl (C=O) groups excluding carboxylic acids is 3. The van der Waals surface area contributed by atoms with Gasteiger partial charge in [0.05, 0.1) is 12.2 Å². The lowest BCUT2D eigenvalue weighted by molar-refractivity contribution is -0.131. The molecule has 0 aliphatic carbocycles. The fraction of sp³-hybridized carbons (Fsp3) is 0.476. The number of nitrogens with two attached hydrogens (primary N) is 2. The first-order valence-electron chi connectivity index (χ1n) is 10.1. The summed E-state index contributed by atoms with van der Waals surface area (Å²) in [5.74, 6) is 5.38. The Kier molecular flexibility index (Phi) is 14.4. The van der Waals surface area contributed by atoms with E-state index in [2.05, 4.69) is 10.2 Å². The Hall–Kier alpha value is -2.91. The largest absolute Gasteiger partial charge is 0.403 e. The third kappa shape index (κ3) is 10.0. The molecule has 1 heterocycles. The molecule has 1 aliphatic rings. The molecule has 0 bridgehead atoms. The first-order valence-corrected chi connectivity index (χ1v) is 10.1. The Labute approximate surface area is 179 Å². The van der Waals surface area contributed by atoms with Crippen LogP contribution in [0, 0.1) is 0 Å². The van der Waals surface area contributed by atoms with Crippen LogP contribution in [0.1, 0.15) is 37.6 Å². The molecule has 1 saturated heterocycles. The van der Waals surface area contributed by atoms with Gasteiger partial charge in [-0.25, -0.2) is 5.84 Å². The quantitative estimate of drug-likeness (QED) is 0.355. The molecule has 0 spiro atoms. The molecule has 5 N–H and O–H groups in total. The molecule has 0 radical (unpaired) electrons. The van der Waals surface area contributed by atoms with Crippen molar-refractivity contribution in [3.8, 4) is 0 Å². The van der Waals surface area contributed by atoms with Gasteiger partial charge in [0.2, 0.25) is 5.91 Å². The topological polar surface area (TPSA) is 125 Å². The zero-order chi connectivity index (χ0) is 22.9. The average Bonchev–Trinajstić information content (AvgIpc) is 2.79. The number of likely N-dealkylation sites (N-methyl/N-ethyl adjacent to an activating group) is 1. The molecule has 1 aromatic carbocycles. The van der Waals surface area contributed by atoms with E-state index in [1.165, 1.54) is 17.4 Å². The van der Waals surface area contributed by atoms with Gasteiger partial charge in [0.1, 0.15) is 6.29 Å². The van der Waals surface area contributed by atoms with Crippen LogP contribution < -0.4 is 21.9 Å². The molecule has 0 unspecified atom stereocenters. The predicted octanol–water partition coefficient (Wildman–Crippen LogP) is 0.922. The van der Waals surface area contributed by atoms with Gasteiger partial charge in [0, 0.05) is 50.6 Å². The van der Waals surface area contributed by atoms with E-state index < -0.39 is 0 Å². The molecule has 0 saturated carbocycles. The summed E-state index contributed by atoms with van der Waals surface area (Å²) < 4.78 is 0.